The predicted octanol–water partition coefficient (Wildman–Crippen LogP) is 2.68. The molecule has 0 amide bonds. The molecule has 1 aromatic rings. The van der Waals surface area contributed by atoms with Gasteiger partial charge in [0, 0.05) is 11.1 Å². The normalized spacial score (nSPS) is 16.7. The lowest BCUT2D eigenvalue weighted by molar-refractivity contribution is 0.367. The average Bonchev–Trinajstić information content (AvgIpc) is 3.24. The first-order valence-corrected chi connectivity index (χ1v) is 9.75. The molecule has 1 aliphatic carbocycles. The van der Waals surface area contributed by atoms with Crippen molar-refractivity contribution in [3.05, 3.63) is 23.8 Å². The minimum atomic E-state index is -3.47. The monoisotopic (exact) mass is 342 g/mol. The quantitative estimate of drug-likeness (QED) is 0.553. The standard InChI is InChI=1S/C17H27FN2O2S/c1-20(2)10-4-3-5-14-6-7-15(11-16(14)19)23(21,22)13-17(12-18)8-9-17/h6-7,11H,3-5,8-10,12-13,19H2,1-2H3. The average molecular weight is 342 g/mol. The van der Waals surface area contributed by atoms with Gasteiger partial charge in [-0.2, -0.15) is 0 Å². The van der Waals surface area contributed by atoms with Crippen molar-refractivity contribution in [3.63, 3.8) is 0 Å². The maximum absolute atomic E-state index is 13.0. The van der Waals surface area contributed by atoms with E-state index in [0.29, 0.717) is 18.5 Å². The highest BCUT2D eigenvalue weighted by Gasteiger charge is 2.46. The zero-order valence-electron chi connectivity index (χ0n) is 14.0. The van der Waals surface area contributed by atoms with E-state index in [9.17, 15) is 12.8 Å². The van der Waals surface area contributed by atoms with Gasteiger partial charge in [-0.25, -0.2) is 8.42 Å². The molecule has 1 saturated carbocycles. The Hall–Kier alpha value is -1.14. The minimum Gasteiger partial charge on any atom is -0.398 e. The molecular formula is C17H27FN2O2S. The lowest BCUT2D eigenvalue weighted by Gasteiger charge is -2.13. The fourth-order valence-electron chi connectivity index (χ4n) is 2.72. The summed E-state index contributed by atoms with van der Waals surface area (Å²) in [5, 5.41) is 0. The Labute approximate surface area is 138 Å². The Bertz CT molecular complexity index is 640. The number of aryl methyl sites for hydroxylation is 1. The molecule has 0 saturated heterocycles. The number of rotatable bonds is 9. The summed E-state index contributed by atoms with van der Waals surface area (Å²) in [6, 6.07) is 4.94. The summed E-state index contributed by atoms with van der Waals surface area (Å²) in [6.07, 6.45) is 4.24. The van der Waals surface area contributed by atoms with Gasteiger partial charge in [0.05, 0.1) is 17.3 Å². The van der Waals surface area contributed by atoms with Crippen LogP contribution < -0.4 is 5.73 Å². The number of nitrogens with zero attached hydrogens (tertiary/aromatic N) is 1. The molecule has 23 heavy (non-hydrogen) atoms. The number of hydrogen-bond acceptors (Lipinski definition) is 4. The van der Waals surface area contributed by atoms with Crippen LogP contribution in [0, 0.1) is 5.41 Å². The summed E-state index contributed by atoms with van der Waals surface area (Å²) in [7, 11) is 0.610. The second-order valence-electron chi connectivity index (χ2n) is 7.01. The molecule has 1 aliphatic rings. The SMILES string of the molecule is CN(C)CCCCc1ccc(S(=O)(=O)CC2(CF)CC2)cc1N. The molecule has 1 aromatic carbocycles. The molecule has 0 aromatic heterocycles. The number of nitrogen functional groups attached to an aromatic ring is 1. The zero-order valence-corrected chi connectivity index (χ0v) is 14.8. The molecule has 130 valence electrons. The van der Waals surface area contributed by atoms with E-state index in [0.717, 1.165) is 31.4 Å². The van der Waals surface area contributed by atoms with Crippen molar-refractivity contribution >= 4 is 15.5 Å². The topological polar surface area (TPSA) is 63.4 Å². The number of nitrogens with two attached hydrogens (primary N) is 1. The van der Waals surface area contributed by atoms with Crippen LogP contribution >= 0.6 is 0 Å². The van der Waals surface area contributed by atoms with E-state index in [-0.39, 0.29) is 10.6 Å². The number of benzene rings is 1. The van der Waals surface area contributed by atoms with Crippen molar-refractivity contribution in [1.29, 1.82) is 0 Å². The molecule has 4 nitrogen and oxygen atoms in total. The first kappa shape index (κ1) is 18.2. The van der Waals surface area contributed by atoms with Crippen LogP contribution in [-0.4, -0.2) is 46.4 Å². The summed E-state index contributed by atoms with van der Waals surface area (Å²) in [5.74, 6) is -0.113. The van der Waals surface area contributed by atoms with E-state index in [2.05, 4.69) is 4.90 Å². The molecule has 1 fully saturated rings. The van der Waals surface area contributed by atoms with Crippen LogP contribution in [0.25, 0.3) is 0 Å². The molecule has 0 unspecified atom stereocenters. The molecule has 0 heterocycles. The lowest BCUT2D eigenvalue weighted by atomic mass is 10.1. The van der Waals surface area contributed by atoms with Crippen molar-refractivity contribution in [2.75, 3.05) is 38.8 Å². The number of halogens is 1. The van der Waals surface area contributed by atoms with Gasteiger partial charge in [0.25, 0.3) is 0 Å². The first-order chi connectivity index (χ1) is 10.8. The van der Waals surface area contributed by atoms with E-state index in [4.69, 9.17) is 5.73 Å². The molecule has 0 spiro atoms. The highest BCUT2D eigenvalue weighted by molar-refractivity contribution is 7.91. The Morgan fingerprint density at radius 1 is 1.26 bits per heavy atom. The van der Waals surface area contributed by atoms with Crippen molar-refractivity contribution in [2.24, 2.45) is 5.41 Å². The van der Waals surface area contributed by atoms with E-state index in [1.165, 1.54) is 6.07 Å². The maximum atomic E-state index is 13.0. The minimum absolute atomic E-state index is 0.113. The first-order valence-electron chi connectivity index (χ1n) is 8.10. The van der Waals surface area contributed by atoms with Crippen LogP contribution in [0.2, 0.25) is 0 Å². The summed E-state index contributed by atoms with van der Waals surface area (Å²) in [6.45, 7) is 0.462. The summed E-state index contributed by atoms with van der Waals surface area (Å²) < 4.78 is 37.8. The third-order valence-electron chi connectivity index (χ3n) is 4.51. The summed E-state index contributed by atoms with van der Waals surface area (Å²) in [5.41, 5.74) is 6.88. The largest absolute Gasteiger partial charge is 0.398 e. The van der Waals surface area contributed by atoms with Crippen LogP contribution in [0.5, 0.6) is 0 Å². The van der Waals surface area contributed by atoms with Gasteiger partial charge in [0.15, 0.2) is 9.84 Å². The highest BCUT2D eigenvalue weighted by atomic mass is 32.2. The van der Waals surface area contributed by atoms with Crippen molar-refractivity contribution in [1.82, 2.24) is 4.90 Å². The van der Waals surface area contributed by atoms with Gasteiger partial charge >= 0.3 is 0 Å². The second kappa shape index (κ2) is 7.18. The number of hydrogen-bond donors (Lipinski definition) is 1. The molecule has 0 aliphatic heterocycles. The van der Waals surface area contributed by atoms with Crippen LogP contribution in [-0.2, 0) is 16.3 Å². The van der Waals surface area contributed by atoms with Crippen LogP contribution in [0.15, 0.2) is 23.1 Å². The Balaban J connectivity index is 2.01. The van der Waals surface area contributed by atoms with Crippen molar-refractivity contribution < 1.29 is 12.8 Å². The fraction of sp³-hybridized carbons (Fsp3) is 0.647. The van der Waals surface area contributed by atoms with Crippen molar-refractivity contribution in [2.45, 2.75) is 37.0 Å². The molecule has 0 atom stereocenters. The van der Waals surface area contributed by atoms with Gasteiger partial charge in [-0.05, 0) is 70.4 Å². The van der Waals surface area contributed by atoms with Gasteiger partial charge < -0.3 is 10.6 Å². The van der Waals surface area contributed by atoms with Gasteiger partial charge in [0.2, 0.25) is 0 Å². The third-order valence-corrected chi connectivity index (χ3v) is 6.48. The van der Waals surface area contributed by atoms with Gasteiger partial charge in [-0.3, -0.25) is 4.39 Å². The molecule has 6 heteroatoms. The summed E-state index contributed by atoms with van der Waals surface area (Å²) in [4.78, 5) is 2.35. The van der Waals surface area contributed by atoms with Gasteiger partial charge in [-0.15, -0.1) is 0 Å². The van der Waals surface area contributed by atoms with Gasteiger partial charge in [-0.1, -0.05) is 6.07 Å². The number of anilines is 1. The molecule has 0 radical (unpaired) electrons. The lowest BCUT2D eigenvalue weighted by Crippen LogP contribution is -2.19. The smallest absolute Gasteiger partial charge is 0.179 e. The second-order valence-corrected chi connectivity index (χ2v) is 9.00. The molecular weight excluding hydrogens is 315 g/mol. The van der Waals surface area contributed by atoms with E-state index in [1.807, 2.05) is 14.1 Å². The summed E-state index contributed by atoms with van der Waals surface area (Å²) >= 11 is 0. The Morgan fingerprint density at radius 2 is 1.96 bits per heavy atom. The Kier molecular flexibility index (Phi) is 5.68. The molecule has 0 bridgehead atoms. The van der Waals surface area contributed by atoms with Crippen LogP contribution in [0.3, 0.4) is 0 Å². The Morgan fingerprint density at radius 3 is 2.48 bits per heavy atom. The zero-order chi connectivity index (χ0) is 17.1. The predicted molar refractivity (Wildman–Crippen MR) is 92.0 cm³/mol. The van der Waals surface area contributed by atoms with E-state index in [1.54, 1.807) is 12.1 Å². The van der Waals surface area contributed by atoms with Crippen LogP contribution in [0.1, 0.15) is 31.2 Å². The van der Waals surface area contributed by atoms with E-state index >= 15 is 0 Å². The van der Waals surface area contributed by atoms with Crippen molar-refractivity contribution in [3.8, 4) is 0 Å². The highest BCUT2D eigenvalue weighted by Crippen LogP contribution is 2.47. The number of sulfone groups is 1. The van der Waals surface area contributed by atoms with E-state index < -0.39 is 21.9 Å². The number of alkyl halides is 1. The molecule has 2 N–H and O–H groups in total. The third kappa shape index (κ3) is 4.91. The van der Waals surface area contributed by atoms with Crippen LogP contribution in [0.4, 0.5) is 10.1 Å². The number of unbranched alkanes of at least 4 members (excludes halogenated alkanes) is 1. The maximum Gasteiger partial charge on any atom is 0.179 e. The molecule has 2 rings (SSSR count). The fourth-order valence-corrected chi connectivity index (χ4v) is 4.64. The van der Waals surface area contributed by atoms with Gasteiger partial charge in [0.1, 0.15) is 0 Å².